The number of benzene rings is 1. The molecular weight excluding hydrogens is 282 g/mol. The van der Waals surface area contributed by atoms with Crippen molar-refractivity contribution in [2.24, 2.45) is 5.41 Å². The third kappa shape index (κ3) is 3.08. The number of carbonyl (C=O) groups excluding carboxylic acids is 2. The molecule has 1 heterocycles. The Bertz CT molecular complexity index is 560. The van der Waals surface area contributed by atoms with Gasteiger partial charge in [0.2, 0.25) is 0 Å². The molecule has 0 saturated carbocycles. The number of carbonyl (C=O) groups is 2. The first kappa shape index (κ1) is 16.3. The molecule has 1 saturated heterocycles. The highest BCUT2D eigenvalue weighted by atomic mass is 16.6. The summed E-state index contributed by atoms with van der Waals surface area (Å²) in [4.78, 5) is 26.0. The second-order valence-electron chi connectivity index (χ2n) is 7.09. The molecule has 0 N–H and O–H groups in total. The monoisotopic (exact) mass is 305 g/mol. The number of nitrogens with zero attached hydrogens (tertiary/aromatic N) is 1. The van der Waals surface area contributed by atoms with E-state index in [1.807, 2.05) is 51.1 Å². The minimum Gasteiger partial charge on any atom is -0.444 e. The Hall–Kier alpha value is -2.04. The predicted octanol–water partition coefficient (Wildman–Crippen LogP) is 3.33. The van der Waals surface area contributed by atoms with E-state index in [9.17, 15) is 9.59 Å². The third-order valence-corrected chi connectivity index (χ3v) is 3.70. The molecule has 1 aromatic carbocycles. The molecule has 22 heavy (non-hydrogen) atoms. The normalized spacial score (nSPS) is 20.7. The van der Waals surface area contributed by atoms with Crippen LogP contribution in [0.25, 0.3) is 0 Å². The lowest BCUT2D eigenvalue weighted by Gasteiger charge is -2.35. The zero-order chi connectivity index (χ0) is 16.5. The van der Waals surface area contributed by atoms with Crippen molar-refractivity contribution in [3.63, 3.8) is 0 Å². The Balaban J connectivity index is 2.16. The number of hydrogen-bond donors (Lipinski definition) is 0. The van der Waals surface area contributed by atoms with Crippen LogP contribution in [-0.2, 0) is 20.9 Å². The smallest absolute Gasteiger partial charge is 0.413 e. The molecule has 5 nitrogen and oxygen atoms in total. The van der Waals surface area contributed by atoms with E-state index in [0.29, 0.717) is 0 Å². The van der Waals surface area contributed by atoms with Gasteiger partial charge in [0.1, 0.15) is 12.1 Å². The van der Waals surface area contributed by atoms with Crippen LogP contribution in [0.4, 0.5) is 4.79 Å². The van der Waals surface area contributed by atoms with Crippen molar-refractivity contribution in [3.05, 3.63) is 35.9 Å². The molecular formula is C17H23NO4. The summed E-state index contributed by atoms with van der Waals surface area (Å²) >= 11 is 0. The van der Waals surface area contributed by atoms with Crippen molar-refractivity contribution >= 4 is 12.1 Å². The fourth-order valence-electron chi connectivity index (χ4n) is 2.37. The summed E-state index contributed by atoms with van der Waals surface area (Å²) in [6, 6.07) is 9.43. The minimum absolute atomic E-state index is 0.164. The van der Waals surface area contributed by atoms with Gasteiger partial charge in [0.15, 0.2) is 6.23 Å². The fourth-order valence-corrected chi connectivity index (χ4v) is 2.37. The Morgan fingerprint density at radius 3 is 2.41 bits per heavy atom. The average Bonchev–Trinajstić information content (AvgIpc) is 2.68. The standard InChI is InChI=1S/C17H23NO4/c1-16(2,3)13-18(17(4,5)14(19)22-13)15(20)21-11-12-9-7-6-8-10-12/h6-10,13H,11H2,1-5H3/t13-/m0/s1. The summed E-state index contributed by atoms with van der Waals surface area (Å²) in [5.41, 5.74) is -0.534. The zero-order valence-corrected chi connectivity index (χ0v) is 13.8. The molecule has 2 rings (SSSR count). The van der Waals surface area contributed by atoms with Crippen LogP contribution >= 0.6 is 0 Å². The molecule has 0 bridgehead atoms. The number of ether oxygens (including phenoxy) is 2. The Kier molecular flexibility index (Phi) is 4.18. The van der Waals surface area contributed by atoms with Crippen LogP contribution in [0.2, 0.25) is 0 Å². The van der Waals surface area contributed by atoms with Crippen LogP contribution < -0.4 is 0 Å². The summed E-state index contributed by atoms with van der Waals surface area (Å²) in [5.74, 6) is -0.413. The predicted molar refractivity (Wildman–Crippen MR) is 81.9 cm³/mol. The van der Waals surface area contributed by atoms with Gasteiger partial charge < -0.3 is 9.47 Å². The van der Waals surface area contributed by atoms with Crippen molar-refractivity contribution in [2.45, 2.75) is 53.0 Å². The number of amides is 1. The van der Waals surface area contributed by atoms with Gasteiger partial charge in [-0.25, -0.2) is 9.59 Å². The van der Waals surface area contributed by atoms with Crippen LogP contribution in [0.1, 0.15) is 40.2 Å². The highest BCUT2D eigenvalue weighted by molar-refractivity contribution is 5.88. The van der Waals surface area contributed by atoms with Crippen LogP contribution in [0.5, 0.6) is 0 Å². The van der Waals surface area contributed by atoms with E-state index in [1.54, 1.807) is 13.8 Å². The topological polar surface area (TPSA) is 55.8 Å². The lowest BCUT2D eigenvalue weighted by Crippen LogP contribution is -2.53. The van der Waals surface area contributed by atoms with Gasteiger partial charge in [-0.15, -0.1) is 0 Å². The van der Waals surface area contributed by atoms with E-state index in [-0.39, 0.29) is 6.61 Å². The second kappa shape index (κ2) is 5.63. The molecule has 0 spiro atoms. The lowest BCUT2D eigenvalue weighted by molar-refractivity contribution is -0.148. The highest BCUT2D eigenvalue weighted by Crippen LogP contribution is 2.38. The first-order chi connectivity index (χ1) is 10.1. The summed E-state index contributed by atoms with van der Waals surface area (Å²) < 4.78 is 10.8. The van der Waals surface area contributed by atoms with Crippen molar-refractivity contribution in [3.8, 4) is 0 Å². The van der Waals surface area contributed by atoms with Crippen molar-refractivity contribution in [1.82, 2.24) is 4.90 Å². The number of rotatable bonds is 2. The summed E-state index contributed by atoms with van der Waals surface area (Å²) in [7, 11) is 0. The van der Waals surface area contributed by atoms with Crippen molar-refractivity contribution in [1.29, 1.82) is 0 Å². The first-order valence-electron chi connectivity index (χ1n) is 7.35. The summed E-state index contributed by atoms with van der Waals surface area (Å²) in [6.07, 6.45) is -1.18. The van der Waals surface area contributed by atoms with Gasteiger partial charge in [0.25, 0.3) is 0 Å². The van der Waals surface area contributed by atoms with E-state index in [4.69, 9.17) is 9.47 Å². The van der Waals surface area contributed by atoms with Crippen molar-refractivity contribution < 1.29 is 19.1 Å². The SMILES string of the molecule is CC(C)(C)[C@@H]1OC(=O)C(C)(C)N1C(=O)OCc1ccccc1. The molecule has 0 radical (unpaired) electrons. The number of esters is 1. The molecule has 0 aromatic heterocycles. The van der Waals surface area contributed by atoms with Crippen LogP contribution in [-0.4, -0.2) is 28.7 Å². The van der Waals surface area contributed by atoms with Crippen LogP contribution in [0.3, 0.4) is 0 Å². The first-order valence-corrected chi connectivity index (χ1v) is 7.35. The van der Waals surface area contributed by atoms with Gasteiger partial charge in [-0.3, -0.25) is 4.90 Å². The molecule has 5 heteroatoms. The van der Waals surface area contributed by atoms with Gasteiger partial charge in [-0.2, -0.15) is 0 Å². The molecule has 1 aromatic rings. The molecule has 1 fully saturated rings. The largest absolute Gasteiger partial charge is 0.444 e. The maximum Gasteiger partial charge on any atom is 0.413 e. The van der Waals surface area contributed by atoms with Crippen LogP contribution in [0, 0.1) is 5.41 Å². The maximum atomic E-state index is 12.5. The molecule has 1 atom stereocenters. The maximum absolute atomic E-state index is 12.5. The lowest BCUT2D eigenvalue weighted by atomic mass is 9.92. The Morgan fingerprint density at radius 2 is 1.86 bits per heavy atom. The fraction of sp³-hybridized carbons (Fsp3) is 0.529. The van der Waals surface area contributed by atoms with Gasteiger partial charge >= 0.3 is 12.1 Å². The minimum atomic E-state index is -1.04. The van der Waals surface area contributed by atoms with Gasteiger partial charge in [-0.1, -0.05) is 51.1 Å². The summed E-state index contributed by atoms with van der Waals surface area (Å²) in [6.45, 7) is 9.27. The molecule has 0 unspecified atom stereocenters. The summed E-state index contributed by atoms with van der Waals surface area (Å²) in [5, 5.41) is 0. The second-order valence-corrected chi connectivity index (χ2v) is 7.09. The molecule has 1 aliphatic heterocycles. The molecule has 120 valence electrons. The molecule has 1 amide bonds. The van der Waals surface area contributed by atoms with Gasteiger partial charge in [0.05, 0.1) is 0 Å². The average molecular weight is 305 g/mol. The van der Waals surface area contributed by atoms with Crippen molar-refractivity contribution in [2.75, 3.05) is 0 Å². The quantitative estimate of drug-likeness (QED) is 0.786. The van der Waals surface area contributed by atoms with Gasteiger partial charge in [-0.05, 0) is 19.4 Å². The van der Waals surface area contributed by atoms with E-state index >= 15 is 0 Å². The zero-order valence-electron chi connectivity index (χ0n) is 13.8. The Morgan fingerprint density at radius 1 is 1.27 bits per heavy atom. The van der Waals surface area contributed by atoms with Gasteiger partial charge in [0, 0.05) is 5.41 Å². The van der Waals surface area contributed by atoms with E-state index < -0.39 is 29.2 Å². The van der Waals surface area contributed by atoms with E-state index in [0.717, 1.165) is 5.56 Å². The molecule has 0 aliphatic carbocycles. The van der Waals surface area contributed by atoms with E-state index in [2.05, 4.69) is 0 Å². The number of hydrogen-bond acceptors (Lipinski definition) is 4. The highest BCUT2D eigenvalue weighted by Gasteiger charge is 2.55. The third-order valence-electron chi connectivity index (χ3n) is 3.70. The van der Waals surface area contributed by atoms with E-state index in [1.165, 1.54) is 4.90 Å². The molecule has 1 aliphatic rings. The van der Waals surface area contributed by atoms with Crippen LogP contribution in [0.15, 0.2) is 30.3 Å². The number of cyclic esters (lactones) is 1. The Labute approximate surface area is 131 Å².